The van der Waals surface area contributed by atoms with Gasteiger partial charge in [0.05, 0.1) is 11.9 Å². The molecule has 0 fully saturated rings. The third kappa shape index (κ3) is 1.57. The highest BCUT2D eigenvalue weighted by atomic mass is 32.1. The van der Waals surface area contributed by atoms with Crippen molar-refractivity contribution in [3.8, 4) is 0 Å². The van der Waals surface area contributed by atoms with Crippen LogP contribution in [0.2, 0.25) is 0 Å². The van der Waals surface area contributed by atoms with Gasteiger partial charge in [-0.3, -0.25) is 0 Å². The molecule has 0 bridgehead atoms. The predicted molar refractivity (Wildman–Crippen MR) is 52.8 cm³/mol. The molecule has 0 spiro atoms. The summed E-state index contributed by atoms with van der Waals surface area (Å²) >= 11 is 1.64. The van der Waals surface area contributed by atoms with Crippen LogP contribution in [0.1, 0.15) is 24.0 Å². The highest BCUT2D eigenvalue weighted by Gasteiger charge is 2.05. The van der Waals surface area contributed by atoms with Crippen LogP contribution in [0, 0.1) is 0 Å². The van der Waals surface area contributed by atoms with Gasteiger partial charge in [-0.05, 0) is 6.42 Å². The van der Waals surface area contributed by atoms with Crippen LogP contribution in [0.25, 0.3) is 4.96 Å². The topological polar surface area (TPSA) is 56.2 Å². The predicted octanol–water partition coefficient (Wildman–Crippen LogP) is 1.20. The second-order valence-electron chi connectivity index (χ2n) is 2.91. The van der Waals surface area contributed by atoms with Crippen LogP contribution >= 0.6 is 11.3 Å². The van der Waals surface area contributed by atoms with Crippen molar-refractivity contribution in [3.05, 3.63) is 16.9 Å². The van der Waals surface area contributed by atoms with E-state index in [0.717, 1.165) is 28.5 Å². The molecule has 0 aromatic carbocycles. The molecule has 0 aliphatic carbocycles. The average Bonchev–Trinajstić information content (AvgIpc) is 2.61. The van der Waals surface area contributed by atoms with E-state index in [1.807, 2.05) is 10.7 Å². The van der Waals surface area contributed by atoms with Gasteiger partial charge in [0.25, 0.3) is 0 Å². The molecule has 2 heterocycles. The van der Waals surface area contributed by atoms with E-state index in [9.17, 15) is 0 Å². The van der Waals surface area contributed by atoms with E-state index < -0.39 is 0 Å². The summed E-state index contributed by atoms with van der Waals surface area (Å²) in [5.41, 5.74) is 6.38. The Hall–Kier alpha value is -0.940. The normalized spacial score (nSPS) is 11.2. The maximum absolute atomic E-state index is 5.47. The summed E-state index contributed by atoms with van der Waals surface area (Å²) in [5.74, 6) is 0. The van der Waals surface area contributed by atoms with Gasteiger partial charge in [-0.15, -0.1) is 0 Å². The van der Waals surface area contributed by atoms with Crippen LogP contribution in [0.5, 0.6) is 0 Å². The van der Waals surface area contributed by atoms with Crippen LogP contribution < -0.4 is 5.73 Å². The van der Waals surface area contributed by atoms with Crippen LogP contribution in [0.15, 0.2) is 6.20 Å². The molecule has 2 N–H and O–H groups in total. The number of fused-ring (bicyclic) bond motifs is 1. The molecule has 2 aromatic rings. The molecule has 2 aromatic heterocycles. The van der Waals surface area contributed by atoms with Crippen molar-refractivity contribution in [2.24, 2.45) is 5.73 Å². The van der Waals surface area contributed by atoms with Crippen molar-refractivity contribution in [2.45, 2.75) is 26.3 Å². The van der Waals surface area contributed by atoms with Crippen LogP contribution in [-0.4, -0.2) is 14.6 Å². The zero-order valence-corrected chi connectivity index (χ0v) is 8.34. The second-order valence-corrected chi connectivity index (χ2v) is 3.95. The van der Waals surface area contributed by atoms with Crippen LogP contribution in [-0.2, 0) is 13.0 Å². The highest BCUT2D eigenvalue weighted by molar-refractivity contribution is 7.16. The lowest BCUT2D eigenvalue weighted by atomic mass is 10.4. The molecule has 0 unspecified atom stereocenters. The first-order valence-electron chi connectivity index (χ1n) is 4.37. The summed E-state index contributed by atoms with van der Waals surface area (Å²) in [6, 6.07) is 0. The summed E-state index contributed by atoms with van der Waals surface area (Å²) < 4.78 is 1.82. The van der Waals surface area contributed by atoms with E-state index in [1.54, 1.807) is 11.3 Å². The lowest BCUT2D eigenvalue weighted by Gasteiger charge is -1.86. The zero-order valence-electron chi connectivity index (χ0n) is 7.53. The van der Waals surface area contributed by atoms with Gasteiger partial charge in [0.15, 0.2) is 0 Å². The van der Waals surface area contributed by atoms with E-state index in [1.165, 1.54) is 0 Å². The lowest BCUT2D eigenvalue weighted by Crippen LogP contribution is -1.95. The molecule has 2 rings (SSSR count). The maximum atomic E-state index is 5.47. The molecule has 13 heavy (non-hydrogen) atoms. The molecule has 0 aliphatic heterocycles. The smallest absolute Gasteiger partial charge is 0.212 e. The molecule has 0 saturated heterocycles. The molecule has 0 saturated carbocycles. The van der Waals surface area contributed by atoms with Gasteiger partial charge in [-0.25, -0.2) is 9.50 Å². The van der Waals surface area contributed by atoms with E-state index >= 15 is 0 Å². The third-order valence-electron chi connectivity index (χ3n) is 1.81. The van der Waals surface area contributed by atoms with Gasteiger partial charge in [0.2, 0.25) is 4.96 Å². The molecule has 70 valence electrons. The number of rotatable bonds is 3. The number of aryl methyl sites for hydroxylation is 1. The minimum Gasteiger partial charge on any atom is -0.325 e. The van der Waals surface area contributed by atoms with Crippen molar-refractivity contribution >= 4 is 16.3 Å². The van der Waals surface area contributed by atoms with Crippen molar-refractivity contribution < 1.29 is 0 Å². The molecule has 5 heteroatoms. The number of hydrogen-bond acceptors (Lipinski definition) is 4. The first-order chi connectivity index (χ1) is 6.33. The summed E-state index contributed by atoms with van der Waals surface area (Å²) in [6.45, 7) is 2.63. The fourth-order valence-electron chi connectivity index (χ4n) is 1.20. The number of nitrogens with zero attached hydrogens (tertiary/aromatic N) is 3. The number of hydrogen-bond donors (Lipinski definition) is 1. The summed E-state index contributed by atoms with van der Waals surface area (Å²) in [6.07, 6.45) is 4.05. The molecule has 0 amide bonds. The lowest BCUT2D eigenvalue weighted by molar-refractivity contribution is 0.846. The number of imidazole rings is 1. The average molecular weight is 196 g/mol. The van der Waals surface area contributed by atoms with E-state index in [0.29, 0.717) is 6.54 Å². The summed E-state index contributed by atoms with van der Waals surface area (Å²) in [4.78, 5) is 5.28. The Morgan fingerprint density at radius 2 is 2.46 bits per heavy atom. The zero-order chi connectivity index (χ0) is 9.26. The van der Waals surface area contributed by atoms with Gasteiger partial charge in [0.1, 0.15) is 5.01 Å². The standard InChI is InChI=1S/C8H12N4S/c1-2-3-7-11-12-5-6(4-9)10-8(12)13-7/h5H,2-4,9H2,1H3. The Morgan fingerprint density at radius 1 is 1.62 bits per heavy atom. The largest absolute Gasteiger partial charge is 0.325 e. The fourth-order valence-corrected chi connectivity index (χ4v) is 2.20. The minimum atomic E-state index is 0.485. The molecule has 0 radical (unpaired) electrons. The van der Waals surface area contributed by atoms with E-state index in [2.05, 4.69) is 17.0 Å². The fraction of sp³-hybridized carbons (Fsp3) is 0.500. The van der Waals surface area contributed by atoms with Gasteiger partial charge in [-0.2, -0.15) is 5.10 Å². The van der Waals surface area contributed by atoms with Crippen molar-refractivity contribution in [1.82, 2.24) is 14.6 Å². The minimum absolute atomic E-state index is 0.485. The molecular weight excluding hydrogens is 184 g/mol. The number of nitrogens with two attached hydrogens (primary N) is 1. The van der Waals surface area contributed by atoms with Gasteiger partial charge >= 0.3 is 0 Å². The summed E-state index contributed by atoms with van der Waals surface area (Å²) in [7, 11) is 0. The highest BCUT2D eigenvalue weighted by Crippen LogP contribution is 2.15. The molecule has 0 aliphatic rings. The van der Waals surface area contributed by atoms with Crippen LogP contribution in [0.3, 0.4) is 0 Å². The Bertz CT molecular complexity index is 372. The molecular formula is C8H12N4S. The third-order valence-corrected chi connectivity index (χ3v) is 2.79. The molecule has 0 atom stereocenters. The van der Waals surface area contributed by atoms with Crippen molar-refractivity contribution in [3.63, 3.8) is 0 Å². The Kier molecular flexibility index (Phi) is 2.28. The molecule has 4 nitrogen and oxygen atoms in total. The Morgan fingerprint density at radius 3 is 3.08 bits per heavy atom. The number of aromatic nitrogens is 3. The first kappa shape index (κ1) is 8.65. The van der Waals surface area contributed by atoms with E-state index in [4.69, 9.17) is 5.73 Å². The quantitative estimate of drug-likeness (QED) is 0.802. The first-order valence-corrected chi connectivity index (χ1v) is 5.19. The monoisotopic (exact) mass is 196 g/mol. The Balaban J connectivity index is 2.36. The van der Waals surface area contributed by atoms with Crippen molar-refractivity contribution in [2.75, 3.05) is 0 Å². The van der Waals surface area contributed by atoms with Crippen molar-refractivity contribution in [1.29, 1.82) is 0 Å². The van der Waals surface area contributed by atoms with Gasteiger partial charge < -0.3 is 5.73 Å². The van der Waals surface area contributed by atoms with Gasteiger partial charge in [0, 0.05) is 13.0 Å². The van der Waals surface area contributed by atoms with Gasteiger partial charge in [-0.1, -0.05) is 18.3 Å². The van der Waals surface area contributed by atoms with Crippen LogP contribution in [0.4, 0.5) is 0 Å². The second kappa shape index (κ2) is 3.43. The Labute approximate surface area is 80.4 Å². The van der Waals surface area contributed by atoms with E-state index in [-0.39, 0.29) is 0 Å². The summed E-state index contributed by atoms with van der Waals surface area (Å²) in [5, 5.41) is 5.54. The SMILES string of the molecule is CCCc1nn2cc(CN)nc2s1. The maximum Gasteiger partial charge on any atom is 0.212 e.